The Morgan fingerprint density at radius 2 is 0.787 bits per heavy atom. The first-order valence-corrected chi connectivity index (χ1v) is 15.3. The molecule has 0 unspecified atom stereocenters. The number of rotatable bonds is 24. The number of hydrogen-bond donors (Lipinski definition) is 6. The van der Waals surface area contributed by atoms with Crippen LogP contribution in [0.1, 0.15) is 59.8 Å². The van der Waals surface area contributed by atoms with Crippen molar-refractivity contribution in [3.63, 3.8) is 0 Å². The lowest BCUT2D eigenvalue weighted by molar-refractivity contribution is -0.270. The molecule has 6 N–H and O–H groups in total. The topological polar surface area (TPSA) is 233 Å². The third-order valence-electron chi connectivity index (χ3n) is 6.51. The van der Waals surface area contributed by atoms with Crippen molar-refractivity contribution >= 4 is 23.9 Å². The van der Waals surface area contributed by atoms with Crippen molar-refractivity contribution < 1.29 is 68.8 Å². The number of nitrogens with zero attached hydrogens (tertiary/aromatic N) is 2. The van der Waals surface area contributed by atoms with Gasteiger partial charge in [-0.3, -0.25) is 4.90 Å². The average molecular weight is 675 g/mol. The van der Waals surface area contributed by atoms with Gasteiger partial charge < -0.3 is 54.5 Å². The average Bonchev–Trinajstić information content (AvgIpc) is 3.07. The van der Waals surface area contributed by atoms with Crippen LogP contribution >= 0.6 is 0 Å². The third kappa shape index (κ3) is 18.6. The summed E-state index contributed by atoms with van der Waals surface area (Å²) in [7, 11) is 0. The second kappa shape index (κ2) is 24.1. The number of carbonyl (C=O) groups is 4. The summed E-state index contributed by atoms with van der Waals surface area (Å²) in [4.78, 5) is 50.0. The zero-order valence-corrected chi connectivity index (χ0v) is 27.6. The number of aliphatic hydroxyl groups excluding tert-OH is 4. The molecule has 0 aromatic rings. The SMILES string of the molecule is CC=C(O)C(=O)OCCCN(CCCOC(=O)C(O)=CC)CCC(O)(O)N(CCCOC(=O)C(O)=CC)CCCOC(=O)C(O)=CC. The quantitative estimate of drug-likeness (QED) is 0.0215. The zero-order chi connectivity index (χ0) is 35.8. The van der Waals surface area contributed by atoms with Crippen molar-refractivity contribution in [1.29, 1.82) is 0 Å². The van der Waals surface area contributed by atoms with E-state index in [-0.39, 0.29) is 65.3 Å². The highest BCUT2D eigenvalue weighted by molar-refractivity contribution is 5.86. The smallest absolute Gasteiger partial charge is 0.373 e. The van der Waals surface area contributed by atoms with Gasteiger partial charge in [-0.15, -0.1) is 0 Å². The molecule has 0 atom stereocenters. The lowest BCUT2D eigenvalue weighted by Gasteiger charge is -2.36. The van der Waals surface area contributed by atoms with Gasteiger partial charge >= 0.3 is 23.9 Å². The first-order chi connectivity index (χ1) is 22.2. The Kier molecular flexibility index (Phi) is 22.0. The van der Waals surface area contributed by atoms with Crippen LogP contribution in [-0.2, 0) is 38.1 Å². The summed E-state index contributed by atoms with van der Waals surface area (Å²) >= 11 is 0. The van der Waals surface area contributed by atoms with E-state index in [1.54, 1.807) is 0 Å². The highest BCUT2D eigenvalue weighted by Gasteiger charge is 2.32. The van der Waals surface area contributed by atoms with E-state index in [2.05, 4.69) is 0 Å². The molecule has 0 aliphatic heterocycles. The minimum atomic E-state index is -2.39. The fraction of sp³-hybridized carbons (Fsp3) is 0.613. The molecule has 0 aromatic heterocycles. The van der Waals surface area contributed by atoms with E-state index in [0.717, 1.165) is 0 Å². The number of allylic oxidation sites excluding steroid dienone is 4. The second-order valence-electron chi connectivity index (χ2n) is 10.0. The van der Waals surface area contributed by atoms with E-state index in [9.17, 15) is 49.8 Å². The van der Waals surface area contributed by atoms with Crippen molar-refractivity contribution in [2.45, 2.75) is 65.7 Å². The van der Waals surface area contributed by atoms with Crippen molar-refractivity contribution in [2.24, 2.45) is 0 Å². The molecule has 0 spiro atoms. The molecular formula is C31H50N2O14. The minimum Gasteiger partial charge on any atom is -0.502 e. The summed E-state index contributed by atoms with van der Waals surface area (Å²) in [5.41, 5.74) is 0. The standard InChI is InChI=1S/C31H50N2O14/c1-5-23(34)27(38)44-19-9-14-32(15-10-20-45-28(39)24(35)6-2)18-13-31(42,43)33(16-11-21-46-29(40)25(36)7-3)17-12-22-47-30(41)26(37)8-4/h5-8,34-37,42-43H,9-22H2,1-4H3. The summed E-state index contributed by atoms with van der Waals surface area (Å²) < 4.78 is 20.0. The zero-order valence-electron chi connectivity index (χ0n) is 27.6. The molecule has 268 valence electrons. The van der Waals surface area contributed by atoms with Crippen LogP contribution in [0.15, 0.2) is 47.3 Å². The summed E-state index contributed by atoms with van der Waals surface area (Å²) in [5, 5.41) is 60.0. The number of esters is 4. The van der Waals surface area contributed by atoms with Gasteiger partial charge in [0.05, 0.1) is 26.4 Å². The van der Waals surface area contributed by atoms with Crippen LogP contribution < -0.4 is 0 Å². The fourth-order valence-electron chi connectivity index (χ4n) is 3.79. The van der Waals surface area contributed by atoms with Gasteiger partial charge in [0.15, 0.2) is 23.0 Å². The van der Waals surface area contributed by atoms with Gasteiger partial charge in [0.25, 0.3) is 0 Å². The van der Waals surface area contributed by atoms with Gasteiger partial charge in [-0.05, 0) is 77.7 Å². The number of ether oxygens (including phenoxy) is 4. The number of carbonyl (C=O) groups excluding carboxylic acids is 4. The summed E-state index contributed by atoms with van der Waals surface area (Å²) in [6.45, 7) is 6.34. The minimum absolute atomic E-state index is 0.0275. The van der Waals surface area contributed by atoms with E-state index in [0.29, 0.717) is 25.9 Å². The molecule has 0 saturated heterocycles. The molecule has 0 aliphatic rings. The van der Waals surface area contributed by atoms with Crippen LogP contribution in [-0.4, -0.2) is 129 Å². The van der Waals surface area contributed by atoms with Crippen molar-refractivity contribution in [3.8, 4) is 0 Å². The first-order valence-electron chi connectivity index (χ1n) is 15.3. The van der Waals surface area contributed by atoms with Crippen molar-refractivity contribution in [3.05, 3.63) is 47.3 Å². The molecule has 0 fully saturated rings. The Hall–Kier alpha value is -4.12. The maximum atomic E-state index is 11.7. The largest absolute Gasteiger partial charge is 0.502 e. The summed E-state index contributed by atoms with van der Waals surface area (Å²) in [6.07, 6.45) is 5.48. The molecule has 16 nitrogen and oxygen atoms in total. The molecule has 0 saturated carbocycles. The van der Waals surface area contributed by atoms with Crippen molar-refractivity contribution in [1.82, 2.24) is 9.80 Å². The normalized spacial score (nSPS) is 13.1. The van der Waals surface area contributed by atoms with Gasteiger partial charge in [-0.2, -0.15) is 0 Å². The van der Waals surface area contributed by atoms with Crippen molar-refractivity contribution in [2.75, 3.05) is 59.2 Å². The lowest BCUT2D eigenvalue weighted by Crippen LogP contribution is -2.52. The second-order valence-corrected chi connectivity index (χ2v) is 10.0. The van der Waals surface area contributed by atoms with E-state index < -0.39 is 52.8 Å². The number of aliphatic hydroxyl groups is 6. The van der Waals surface area contributed by atoms with Crippen LogP contribution in [0.2, 0.25) is 0 Å². The van der Waals surface area contributed by atoms with E-state index >= 15 is 0 Å². The predicted octanol–water partition coefficient (Wildman–Crippen LogP) is 2.20. The van der Waals surface area contributed by atoms with Gasteiger partial charge in [-0.25, -0.2) is 19.2 Å². The Labute approximate surface area is 274 Å². The highest BCUT2D eigenvalue weighted by Crippen LogP contribution is 2.17. The Bertz CT molecular complexity index is 1040. The highest BCUT2D eigenvalue weighted by atomic mass is 16.6. The van der Waals surface area contributed by atoms with Crippen LogP contribution in [0, 0.1) is 0 Å². The van der Waals surface area contributed by atoms with Gasteiger partial charge in [-0.1, -0.05) is 0 Å². The van der Waals surface area contributed by atoms with Gasteiger partial charge in [0.2, 0.25) is 5.91 Å². The molecule has 16 heteroatoms. The Morgan fingerprint density at radius 3 is 1.06 bits per heavy atom. The molecule has 0 aromatic carbocycles. The summed E-state index contributed by atoms with van der Waals surface area (Å²) in [6, 6.07) is 0. The van der Waals surface area contributed by atoms with Crippen LogP contribution in [0.25, 0.3) is 0 Å². The molecule has 47 heavy (non-hydrogen) atoms. The number of hydrogen-bond acceptors (Lipinski definition) is 16. The predicted molar refractivity (Wildman–Crippen MR) is 168 cm³/mol. The molecule has 0 amide bonds. The van der Waals surface area contributed by atoms with Gasteiger partial charge in [0.1, 0.15) is 0 Å². The van der Waals surface area contributed by atoms with Crippen LogP contribution in [0.3, 0.4) is 0 Å². The first kappa shape index (κ1) is 42.9. The van der Waals surface area contributed by atoms with E-state index in [1.807, 2.05) is 4.90 Å². The molecular weight excluding hydrogens is 624 g/mol. The van der Waals surface area contributed by atoms with E-state index in [1.165, 1.54) is 56.9 Å². The Balaban J connectivity index is 5.46. The molecule has 0 radical (unpaired) electrons. The maximum absolute atomic E-state index is 11.7. The Morgan fingerprint density at radius 1 is 0.511 bits per heavy atom. The van der Waals surface area contributed by atoms with Crippen LogP contribution in [0.4, 0.5) is 0 Å². The van der Waals surface area contributed by atoms with Crippen LogP contribution in [0.5, 0.6) is 0 Å². The monoisotopic (exact) mass is 674 g/mol. The summed E-state index contributed by atoms with van der Waals surface area (Å²) in [5.74, 6) is -8.19. The maximum Gasteiger partial charge on any atom is 0.373 e. The molecule has 0 bridgehead atoms. The fourth-order valence-corrected chi connectivity index (χ4v) is 3.79. The third-order valence-corrected chi connectivity index (χ3v) is 6.51. The lowest BCUT2D eigenvalue weighted by atomic mass is 10.2. The molecule has 0 aliphatic carbocycles. The molecule has 0 heterocycles. The molecule has 0 rings (SSSR count). The van der Waals surface area contributed by atoms with Gasteiger partial charge in [0, 0.05) is 39.1 Å². The van der Waals surface area contributed by atoms with E-state index in [4.69, 9.17) is 18.9 Å².